The summed E-state index contributed by atoms with van der Waals surface area (Å²) >= 11 is 0. The van der Waals surface area contributed by atoms with Gasteiger partial charge < -0.3 is 30.2 Å². The van der Waals surface area contributed by atoms with Crippen LogP contribution in [0.25, 0.3) is 0 Å². The van der Waals surface area contributed by atoms with Gasteiger partial charge in [0, 0.05) is 33.8 Å². The molecule has 0 saturated carbocycles. The highest BCUT2D eigenvalue weighted by atomic mass is 35.5. The average Bonchev–Trinajstić information content (AvgIpc) is 2.77. The molecule has 4 nitrogen and oxygen atoms in total. The van der Waals surface area contributed by atoms with Crippen molar-refractivity contribution in [3.8, 4) is 0 Å². The van der Waals surface area contributed by atoms with Crippen LogP contribution in [0.3, 0.4) is 0 Å². The molecule has 0 aromatic heterocycles. The normalized spacial score (nSPS) is 13.2. The molecule has 1 atom stereocenters. The van der Waals surface area contributed by atoms with Gasteiger partial charge in [-0.2, -0.15) is 0 Å². The lowest BCUT2D eigenvalue weighted by Crippen LogP contribution is -3.00. The van der Waals surface area contributed by atoms with E-state index in [1.165, 1.54) is 96.3 Å². The third-order valence-electron chi connectivity index (χ3n) is 7.32. The van der Waals surface area contributed by atoms with Crippen molar-refractivity contribution >= 4 is 8.80 Å². The molecule has 0 aromatic carbocycles. The Morgan fingerprint density at radius 2 is 1.00 bits per heavy atom. The topological polar surface area (TPSA) is 27.7 Å². The highest BCUT2D eigenvalue weighted by Crippen LogP contribution is 2.20. The zero-order valence-corrected chi connectivity index (χ0v) is 24.6. The molecule has 0 aliphatic heterocycles. The van der Waals surface area contributed by atoms with E-state index >= 15 is 0 Å². The second kappa shape index (κ2) is 21.9. The average molecular weight is 496 g/mol. The number of rotatable bonds is 23. The van der Waals surface area contributed by atoms with Crippen LogP contribution < -0.4 is 12.4 Å². The zero-order valence-electron chi connectivity index (χ0n) is 22.9. The molecule has 1 unspecified atom stereocenters. The molecular weight excluding hydrogens is 438 g/mol. The van der Waals surface area contributed by atoms with E-state index in [0.717, 1.165) is 23.5 Å². The molecular formula is C26H58ClNO3Si. The largest absolute Gasteiger partial charge is 1.00 e. The van der Waals surface area contributed by atoms with E-state index in [4.69, 9.17) is 13.3 Å². The predicted molar refractivity (Wildman–Crippen MR) is 138 cm³/mol. The van der Waals surface area contributed by atoms with Crippen molar-refractivity contribution in [1.29, 1.82) is 0 Å². The Bertz CT molecular complexity index is 387. The van der Waals surface area contributed by atoms with Crippen molar-refractivity contribution in [3.05, 3.63) is 0 Å². The minimum atomic E-state index is -2.42. The molecule has 6 heteroatoms. The monoisotopic (exact) mass is 495 g/mol. The molecule has 0 N–H and O–H groups in total. The molecule has 0 amide bonds. The lowest BCUT2D eigenvalue weighted by molar-refractivity contribution is -0.913. The van der Waals surface area contributed by atoms with Crippen molar-refractivity contribution in [2.24, 2.45) is 0 Å². The SMILES string of the molecule is CCCCCCCCCCCCCCCCC(C)[N+](C)(C)CCC[Si](OC)(OC)OC.[Cl-]. The number of halogens is 1. The molecule has 0 aliphatic carbocycles. The summed E-state index contributed by atoms with van der Waals surface area (Å²) in [5, 5.41) is 0. The second-order valence-corrected chi connectivity index (χ2v) is 13.2. The van der Waals surface area contributed by atoms with Crippen LogP contribution in [0.2, 0.25) is 6.04 Å². The van der Waals surface area contributed by atoms with Gasteiger partial charge in [-0.3, -0.25) is 0 Å². The quantitative estimate of drug-likeness (QED) is 0.118. The fourth-order valence-electron chi connectivity index (χ4n) is 4.46. The minimum Gasteiger partial charge on any atom is -1.00 e. The molecule has 0 aliphatic rings. The second-order valence-electron chi connectivity index (χ2n) is 10.1. The zero-order chi connectivity index (χ0) is 23.4. The van der Waals surface area contributed by atoms with Gasteiger partial charge in [0.1, 0.15) is 0 Å². The predicted octanol–water partition coefficient (Wildman–Crippen LogP) is 4.59. The van der Waals surface area contributed by atoms with Gasteiger partial charge in [0.2, 0.25) is 0 Å². The van der Waals surface area contributed by atoms with E-state index in [1.54, 1.807) is 21.3 Å². The molecule has 0 fully saturated rings. The first-order chi connectivity index (χ1) is 14.9. The van der Waals surface area contributed by atoms with Gasteiger partial charge in [0.15, 0.2) is 0 Å². The van der Waals surface area contributed by atoms with Crippen molar-refractivity contribution in [1.82, 2.24) is 0 Å². The smallest absolute Gasteiger partial charge is 0.500 e. The summed E-state index contributed by atoms with van der Waals surface area (Å²) in [7, 11) is 7.42. The molecule has 0 heterocycles. The van der Waals surface area contributed by atoms with E-state index in [2.05, 4.69) is 27.9 Å². The molecule has 196 valence electrons. The molecule has 32 heavy (non-hydrogen) atoms. The molecule has 0 bridgehead atoms. The Balaban J connectivity index is 0. The lowest BCUT2D eigenvalue weighted by Gasteiger charge is -2.37. The van der Waals surface area contributed by atoms with Gasteiger partial charge in [-0.05, 0) is 19.8 Å². The molecule has 0 saturated heterocycles. The first-order valence-electron chi connectivity index (χ1n) is 13.4. The van der Waals surface area contributed by atoms with Gasteiger partial charge in [0.05, 0.1) is 26.7 Å². The summed E-state index contributed by atoms with van der Waals surface area (Å²) in [5.74, 6) is 0. The van der Waals surface area contributed by atoms with Gasteiger partial charge in [0.25, 0.3) is 0 Å². The minimum absolute atomic E-state index is 0. The molecule has 0 aromatic rings. The Labute approximate surface area is 209 Å². The summed E-state index contributed by atoms with van der Waals surface area (Å²) in [6.07, 6.45) is 22.4. The number of nitrogens with zero attached hydrogens (tertiary/aromatic N) is 1. The van der Waals surface area contributed by atoms with E-state index in [-0.39, 0.29) is 12.4 Å². The summed E-state index contributed by atoms with van der Waals surface area (Å²) in [6, 6.07) is 1.59. The van der Waals surface area contributed by atoms with Crippen molar-refractivity contribution in [2.45, 2.75) is 129 Å². The van der Waals surface area contributed by atoms with Gasteiger partial charge >= 0.3 is 8.80 Å². The van der Waals surface area contributed by atoms with Crippen LogP contribution in [-0.2, 0) is 13.3 Å². The lowest BCUT2D eigenvalue weighted by atomic mass is 10.0. The van der Waals surface area contributed by atoms with Gasteiger partial charge in [-0.15, -0.1) is 0 Å². The standard InChI is InChI=1S/C26H58NO3Si.ClH/c1-8-9-10-11-12-13-14-15-16-17-18-19-20-21-23-26(2)27(3,4)24-22-25-31(28-5,29-6)30-7;/h26H,8-25H2,1-7H3;1H/q+1;/p-1. The molecule has 0 rings (SSSR count). The van der Waals surface area contributed by atoms with E-state index < -0.39 is 8.80 Å². The van der Waals surface area contributed by atoms with Crippen LogP contribution in [0, 0.1) is 0 Å². The highest BCUT2D eigenvalue weighted by Gasteiger charge is 2.38. The number of unbranched alkanes of at least 4 members (excludes halogenated alkanes) is 13. The maximum Gasteiger partial charge on any atom is 0.500 e. The van der Waals surface area contributed by atoms with Crippen LogP contribution >= 0.6 is 0 Å². The maximum absolute atomic E-state index is 5.56. The number of hydrogen-bond donors (Lipinski definition) is 0. The van der Waals surface area contributed by atoms with Crippen LogP contribution in [0.1, 0.15) is 117 Å². The molecule has 0 spiro atoms. The van der Waals surface area contributed by atoms with Gasteiger partial charge in [-0.25, -0.2) is 0 Å². The molecule has 0 radical (unpaired) electrons. The first kappa shape index (κ1) is 34.5. The van der Waals surface area contributed by atoms with Crippen LogP contribution in [-0.4, -0.2) is 61.3 Å². The third-order valence-corrected chi connectivity index (χ3v) is 10.2. The number of quaternary nitrogens is 1. The van der Waals surface area contributed by atoms with Crippen LogP contribution in [0.4, 0.5) is 0 Å². The fraction of sp³-hybridized carbons (Fsp3) is 1.00. The summed E-state index contributed by atoms with van der Waals surface area (Å²) < 4.78 is 17.7. The summed E-state index contributed by atoms with van der Waals surface area (Å²) in [5.41, 5.74) is 0. The Hall–Kier alpha value is 0.347. The third kappa shape index (κ3) is 16.9. The Morgan fingerprint density at radius 3 is 1.38 bits per heavy atom. The van der Waals surface area contributed by atoms with Crippen LogP contribution in [0.15, 0.2) is 0 Å². The maximum atomic E-state index is 5.56. The van der Waals surface area contributed by atoms with Crippen LogP contribution in [0.5, 0.6) is 0 Å². The van der Waals surface area contributed by atoms with Crippen molar-refractivity contribution in [2.75, 3.05) is 42.0 Å². The highest BCUT2D eigenvalue weighted by molar-refractivity contribution is 6.60. The van der Waals surface area contributed by atoms with Gasteiger partial charge in [-0.1, -0.05) is 90.4 Å². The van der Waals surface area contributed by atoms with Crippen molar-refractivity contribution < 1.29 is 30.2 Å². The Kier molecular flexibility index (Phi) is 23.6. The van der Waals surface area contributed by atoms with E-state index in [1.807, 2.05) is 0 Å². The fourth-order valence-corrected chi connectivity index (χ4v) is 6.17. The number of hydrogen-bond acceptors (Lipinski definition) is 3. The Morgan fingerprint density at radius 1 is 0.625 bits per heavy atom. The summed E-state index contributed by atoms with van der Waals surface area (Å²) in [6.45, 7) is 5.85. The van der Waals surface area contributed by atoms with E-state index in [9.17, 15) is 0 Å². The van der Waals surface area contributed by atoms with Crippen molar-refractivity contribution in [3.63, 3.8) is 0 Å². The first-order valence-corrected chi connectivity index (χ1v) is 15.3. The van der Waals surface area contributed by atoms with E-state index in [0.29, 0.717) is 6.04 Å². The summed E-state index contributed by atoms with van der Waals surface area (Å²) in [4.78, 5) is 0.